The van der Waals surface area contributed by atoms with E-state index in [-0.39, 0.29) is 17.2 Å². The topological polar surface area (TPSA) is 120 Å². The molecule has 0 spiro atoms. The molecule has 0 unspecified atom stereocenters. The first-order valence-electron chi connectivity index (χ1n) is 10.3. The van der Waals surface area contributed by atoms with Gasteiger partial charge in [-0.2, -0.15) is 0 Å². The monoisotopic (exact) mass is 464 g/mol. The molecule has 1 aliphatic rings. The molecule has 1 aromatic heterocycles. The van der Waals surface area contributed by atoms with Gasteiger partial charge in [0, 0.05) is 23.2 Å². The maximum atomic E-state index is 12.7. The largest absolute Gasteiger partial charge is 0.464 e. The molecule has 8 nitrogen and oxygen atoms in total. The third-order valence-electron chi connectivity index (χ3n) is 5.81. The van der Waals surface area contributed by atoms with Crippen molar-refractivity contribution in [3.63, 3.8) is 0 Å². The van der Waals surface area contributed by atoms with Crippen LogP contribution in [0.4, 0.5) is 5.69 Å². The van der Waals surface area contributed by atoms with Gasteiger partial charge in [0.15, 0.2) is 6.61 Å². The number of carbonyl (C=O) groups excluding carboxylic acids is 2. The Balaban J connectivity index is 1.27. The minimum atomic E-state index is -3.82. The number of ether oxygens (including phenoxy) is 1. The third kappa shape index (κ3) is 3.96. The fourth-order valence-corrected chi connectivity index (χ4v) is 4.81. The van der Waals surface area contributed by atoms with Crippen molar-refractivity contribution in [2.45, 2.75) is 17.7 Å². The zero-order valence-electron chi connectivity index (χ0n) is 17.5. The molecule has 1 amide bonds. The number of sulfonamides is 1. The SMILES string of the molecule is NS(=O)(=O)c1ccc2c(c1)CCN2C(=O)COC(=O)Cc1coc2ccc3ccccc3c12. The van der Waals surface area contributed by atoms with Crippen molar-refractivity contribution in [2.75, 3.05) is 18.1 Å². The van der Waals surface area contributed by atoms with Crippen LogP contribution in [0.2, 0.25) is 0 Å². The van der Waals surface area contributed by atoms with Gasteiger partial charge in [0.05, 0.1) is 17.6 Å². The minimum Gasteiger partial charge on any atom is -0.464 e. The molecule has 3 aromatic carbocycles. The molecule has 2 N–H and O–H groups in total. The fraction of sp³-hybridized carbons (Fsp3) is 0.167. The molecule has 4 aromatic rings. The van der Waals surface area contributed by atoms with E-state index in [2.05, 4.69) is 0 Å². The third-order valence-corrected chi connectivity index (χ3v) is 6.72. The normalized spacial score (nSPS) is 13.4. The maximum Gasteiger partial charge on any atom is 0.310 e. The van der Waals surface area contributed by atoms with Crippen LogP contribution in [-0.2, 0) is 37.2 Å². The van der Waals surface area contributed by atoms with Crippen LogP contribution in [-0.4, -0.2) is 33.4 Å². The molecule has 0 saturated heterocycles. The van der Waals surface area contributed by atoms with Gasteiger partial charge in [-0.05, 0) is 47.0 Å². The van der Waals surface area contributed by atoms with Gasteiger partial charge in [0.2, 0.25) is 10.0 Å². The molecular weight excluding hydrogens is 444 g/mol. The first kappa shape index (κ1) is 21.2. The van der Waals surface area contributed by atoms with Crippen LogP contribution in [0.25, 0.3) is 21.7 Å². The number of nitrogens with zero attached hydrogens (tertiary/aromatic N) is 1. The lowest BCUT2D eigenvalue weighted by Gasteiger charge is -2.17. The number of hydrogen-bond donors (Lipinski definition) is 1. The van der Waals surface area contributed by atoms with E-state index in [1.54, 1.807) is 12.3 Å². The number of furan rings is 1. The number of fused-ring (bicyclic) bond motifs is 4. The second-order valence-electron chi connectivity index (χ2n) is 7.89. The molecule has 1 aliphatic heterocycles. The summed E-state index contributed by atoms with van der Waals surface area (Å²) in [4.78, 5) is 26.7. The molecule has 0 saturated carbocycles. The second-order valence-corrected chi connectivity index (χ2v) is 9.45. The van der Waals surface area contributed by atoms with Crippen LogP contribution in [0.5, 0.6) is 0 Å². The minimum absolute atomic E-state index is 0.00170. The van der Waals surface area contributed by atoms with E-state index in [4.69, 9.17) is 14.3 Å². The summed E-state index contributed by atoms with van der Waals surface area (Å²) in [6.07, 6.45) is 2.01. The zero-order valence-corrected chi connectivity index (χ0v) is 18.3. The molecule has 0 atom stereocenters. The van der Waals surface area contributed by atoms with Gasteiger partial charge in [-0.25, -0.2) is 13.6 Å². The Morgan fingerprint density at radius 1 is 1.09 bits per heavy atom. The summed E-state index contributed by atoms with van der Waals surface area (Å²) in [5.41, 5.74) is 2.68. The summed E-state index contributed by atoms with van der Waals surface area (Å²) in [5.74, 6) is -0.920. The van der Waals surface area contributed by atoms with Gasteiger partial charge in [-0.3, -0.25) is 9.59 Å². The molecule has 0 fully saturated rings. The maximum absolute atomic E-state index is 12.7. The molecule has 2 heterocycles. The van der Waals surface area contributed by atoms with Crippen molar-refractivity contribution in [3.05, 3.63) is 72.0 Å². The number of carbonyl (C=O) groups is 2. The number of rotatable bonds is 5. The highest BCUT2D eigenvalue weighted by Crippen LogP contribution is 2.31. The van der Waals surface area contributed by atoms with E-state index in [1.165, 1.54) is 17.0 Å². The molecule has 0 radical (unpaired) electrons. The predicted octanol–water partition coefficient (Wildman–Crippen LogP) is 2.91. The Morgan fingerprint density at radius 3 is 2.73 bits per heavy atom. The van der Waals surface area contributed by atoms with Crippen LogP contribution in [0.1, 0.15) is 11.1 Å². The molecule has 33 heavy (non-hydrogen) atoms. The van der Waals surface area contributed by atoms with Gasteiger partial charge in [-0.15, -0.1) is 0 Å². The molecular formula is C24H20N2O6S. The molecule has 5 rings (SSSR count). The number of nitrogens with two attached hydrogens (primary N) is 1. The van der Waals surface area contributed by atoms with Gasteiger partial charge in [0.25, 0.3) is 5.91 Å². The summed E-state index contributed by atoms with van der Waals surface area (Å²) in [6.45, 7) is -0.0378. The number of hydrogen-bond acceptors (Lipinski definition) is 6. The first-order valence-corrected chi connectivity index (χ1v) is 11.9. The highest BCUT2D eigenvalue weighted by molar-refractivity contribution is 7.89. The molecule has 9 heteroatoms. The summed E-state index contributed by atoms with van der Waals surface area (Å²) in [5, 5.41) is 8.05. The molecule has 168 valence electrons. The number of esters is 1. The Kier molecular flexibility index (Phi) is 5.15. The van der Waals surface area contributed by atoms with E-state index in [9.17, 15) is 18.0 Å². The smallest absolute Gasteiger partial charge is 0.310 e. The number of primary sulfonamides is 1. The van der Waals surface area contributed by atoms with Crippen LogP contribution in [0, 0.1) is 0 Å². The Hall–Kier alpha value is -3.69. The fourth-order valence-electron chi connectivity index (χ4n) is 4.25. The van der Waals surface area contributed by atoms with Crippen molar-refractivity contribution in [2.24, 2.45) is 5.14 Å². The lowest BCUT2D eigenvalue weighted by atomic mass is 10.0. The van der Waals surface area contributed by atoms with Crippen LogP contribution in [0.3, 0.4) is 0 Å². The van der Waals surface area contributed by atoms with Gasteiger partial charge < -0.3 is 14.1 Å². The van der Waals surface area contributed by atoms with Crippen molar-refractivity contribution in [3.8, 4) is 0 Å². The van der Waals surface area contributed by atoms with Gasteiger partial charge >= 0.3 is 5.97 Å². The standard InChI is InChI=1S/C24H20N2O6S/c25-33(29,30)18-6-7-20-16(11-18)9-10-26(20)22(27)14-32-23(28)12-17-13-31-21-8-5-15-3-1-2-4-19(15)24(17)21/h1-8,11,13H,9-10,12,14H2,(H2,25,29,30). The molecule has 0 aliphatic carbocycles. The van der Waals surface area contributed by atoms with Crippen LogP contribution < -0.4 is 10.0 Å². The summed E-state index contributed by atoms with van der Waals surface area (Å²) in [6, 6.07) is 16.0. The summed E-state index contributed by atoms with van der Waals surface area (Å²) in [7, 11) is -3.82. The van der Waals surface area contributed by atoms with E-state index in [0.29, 0.717) is 35.4 Å². The Labute approximate surface area is 189 Å². The first-order chi connectivity index (χ1) is 15.8. The molecule has 0 bridgehead atoms. The van der Waals surface area contributed by atoms with E-state index >= 15 is 0 Å². The average Bonchev–Trinajstić information content (AvgIpc) is 3.41. The highest BCUT2D eigenvalue weighted by Gasteiger charge is 2.27. The van der Waals surface area contributed by atoms with E-state index in [0.717, 1.165) is 16.2 Å². The average molecular weight is 464 g/mol. The summed E-state index contributed by atoms with van der Waals surface area (Å²) >= 11 is 0. The van der Waals surface area contributed by atoms with Gasteiger partial charge in [0.1, 0.15) is 5.58 Å². The van der Waals surface area contributed by atoms with E-state index < -0.39 is 22.6 Å². The lowest BCUT2D eigenvalue weighted by Crippen LogP contribution is -2.33. The predicted molar refractivity (Wildman–Crippen MR) is 122 cm³/mol. The Morgan fingerprint density at radius 2 is 1.91 bits per heavy atom. The number of amides is 1. The van der Waals surface area contributed by atoms with E-state index in [1.807, 2.05) is 36.4 Å². The van der Waals surface area contributed by atoms with Crippen molar-refractivity contribution < 1.29 is 27.2 Å². The van der Waals surface area contributed by atoms with Crippen molar-refractivity contribution >= 4 is 49.3 Å². The number of benzene rings is 3. The zero-order chi connectivity index (χ0) is 23.2. The van der Waals surface area contributed by atoms with Gasteiger partial charge in [-0.1, -0.05) is 30.3 Å². The lowest BCUT2D eigenvalue weighted by molar-refractivity contribution is -0.147. The van der Waals surface area contributed by atoms with Crippen molar-refractivity contribution in [1.29, 1.82) is 0 Å². The summed E-state index contributed by atoms with van der Waals surface area (Å²) < 4.78 is 33.9. The number of anilines is 1. The highest BCUT2D eigenvalue weighted by atomic mass is 32.2. The Bertz CT molecular complexity index is 1520. The van der Waals surface area contributed by atoms with Crippen LogP contribution in [0.15, 0.2) is 70.2 Å². The quantitative estimate of drug-likeness (QED) is 0.454. The van der Waals surface area contributed by atoms with Crippen molar-refractivity contribution in [1.82, 2.24) is 0 Å². The van der Waals surface area contributed by atoms with Crippen LogP contribution >= 0.6 is 0 Å². The second kappa shape index (κ2) is 8.02.